The Morgan fingerprint density at radius 1 is 1.46 bits per heavy atom. The van der Waals surface area contributed by atoms with E-state index in [1.54, 1.807) is 0 Å². The summed E-state index contributed by atoms with van der Waals surface area (Å²) in [5, 5.41) is 9.12. The molecule has 5 heteroatoms. The van der Waals surface area contributed by atoms with Gasteiger partial charge in [0.25, 0.3) is 5.56 Å². The van der Waals surface area contributed by atoms with E-state index in [0.717, 1.165) is 15.2 Å². The van der Waals surface area contributed by atoms with E-state index in [1.807, 2.05) is 6.92 Å². The standard InChI is InChI=1S/C8H12N2O3/c1-3-4-10-7(12)5-6(11)9(2)8(10)13/h5,11H,3-4H2,1-2H3. The highest BCUT2D eigenvalue weighted by Gasteiger charge is 2.05. The highest BCUT2D eigenvalue weighted by atomic mass is 16.3. The number of hydrogen-bond acceptors (Lipinski definition) is 3. The first kappa shape index (κ1) is 9.57. The second-order valence-corrected chi connectivity index (χ2v) is 2.83. The van der Waals surface area contributed by atoms with Crippen LogP contribution in [0, 0.1) is 0 Å². The number of aromatic nitrogens is 2. The summed E-state index contributed by atoms with van der Waals surface area (Å²) in [6.45, 7) is 2.25. The summed E-state index contributed by atoms with van der Waals surface area (Å²) in [6, 6.07) is 1.04. The quantitative estimate of drug-likeness (QED) is 0.684. The third-order valence-electron chi connectivity index (χ3n) is 1.83. The van der Waals surface area contributed by atoms with Gasteiger partial charge in [-0.2, -0.15) is 0 Å². The lowest BCUT2D eigenvalue weighted by molar-refractivity contribution is 0.406. The van der Waals surface area contributed by atoms with E-state index in [1.165, 1.54) is 7.05 Å². The molecule has 1 rings (SSSR count). The molecule has 0 unspecified atom stereocenters. The third-order valence-corrected chi connectivity index (χ3v) is 1.83. The molecule has 72 valence electrons. The zero-order valence-electron chi connectivity index (χ0n) is 7.65. The Balaban J connectivity index is 3.45. The number of aromatic hydroxyl groups is 1. The molecule has 0 saturated heterocycles. The van der Waals surface area contributed by atoms with E-state index in [2.05, 4.69) is 0 Å². The van der Waals surface area contributed by atoms with Gasteiger partial charge in [-0.05, 0) is 6.42 Å². The highest BCUT2D eigenvalue weighted by molar-refractivity contribution is 5.06. The van der Waals surface area contributed by atoms with Gasteiger partial charge in [-0.15, -0.1) is 0 Å². The molecule has 1 aromatic rings. The van der Waals surface area contributed by atoms with Gasteiger partial charge in [-0.1, -0.05) is 6.92 Å². The van der Waals surface area contributed by atoms with Gasteiger partial charge < -0.3 is 5.11 Å². The first-order valence-corrected chi connectivity index (χ1v) is 4.07. The molecular formula is C8H12N2O3. The van der Waals surface area contributed by atoms with Crippen LogP contribution < -0.4 is 11.2 Å². The van der Waals surface area contributed by atoms with Crippen molar-refractivity contribution in [2.45, 2.75) is 19.9 Å². The van der Waals surface area contributed by atoms with Crippen LogP contribution in [-0.4, -0.2) is 14.2 Å². The molecule has 0 fully saturated rings. The van der Waals surface area contributed by atoms with E-state index in [4.69, 9.17) is 5.11 Å². The molecule has 0 aliphatic rings. The monoisotopic (exact) mass is 184 g/mol. The van der Waals surface area contributed by atoms with Gasteiger partial charge in [0.05, 0.1) is 6.07 Å². The zero-order valence-corrected chi connectivity index (χ0v) is 7.65. The van der Waals surface area contributed by atoms with Gasteiger partial charge in [0.2, 0.25) is 0 Å². The second kappa shape index (κ2) is 3.47. The molecule has 0 atom stereocenters. The van der Waals surface area contributed by atoms with Crippen LogP contribution >= 0.6 is 0 Å². The van der Waals surface area contributed by atoms with Crippen LogP contribution in [0.1, 0.15) is 13.3 Å². The Bertz CT molecular complexity index is 416. The zero-order chi connectivity index (χ0) is 10.0. The predicted molar refractivity (Wildman–Crippen MR) is 47.9 cm³/mol. The smallest absolute Gasteiger partial charge is 0.333 e. The van der Waals surface area contributed by atoms with E-state index in [-0.39, 0.29) is 5.88 Å². The molecule has 0 spiro atoms. The van der Waals surface area contributed by atoms with Crippen molar-refractivity contribution >= 4 is 0 Å². The molecule has 1 heterocycles. The van der Waals surface area contributed by atoms with Crippen LogP contribution in [0.3, 0.4) is 0 Å². The lowest BCUT2D eigenvalue weighted by Gasteiger charge is -2.05. The summed E-state index contributed by atoms with van der Waals surface area (Å²) in [5.74, 6) is -0.303. The van der Waals surface area contributed by atoms with Gasteiger partial charge >= 0.3 is 5.69 Å². The minimum absolute atomic E-state index is 0.303. The van der Waals surface area contributed by atoms with Gasteiger partial charge in [0, 0.05) is 13.6 Å². The molecule has 5 nitrogen and oxygen atoms in total. The molecule has 13 heavy (non-hydrogen) atoms. The minimum Gasteiger partial charge on any atom is -0.494 e. The predicted octanol–water partition coefficient (Wildman–Crippen LogP) is -0.337. The summed E-state index contributed by atoms with van der Waals surface area (Å²) >= 11 is 0. The highest BCUT2D eigenvalue weighted by Crippen LogP contribution is 1.96. The number of rotatable bonds is 2. The first-order chi connectivity index (χ1) is 6.07. The van der Waals surface area contributed by atoms with Crippen molar-refractivity contribution < 1.29 is 5.11 Å². The fraction of sp³-hybridized carbons (Fsp3) is 0.500. The van der Waals surface area contributed by atoms with E-state index >= 15 is 0 Å². The van der Waals surface area contributed by atoms with Gasteiger partial charge in [0.1, 0.15) is 0 Å². The maximum Gasteiger partial charge on any atom is 0.333 e. The molecule has 0 aliphatic carbocycles. The van der Waals surface area contributed by atoms with Crippen LogP contribution in [0.4, 0.5) is 0 Å². The molecular weight excluding hydrogens is 172 g/mol. The largest absolute Gasteiger partial charge is 0.494 e. The third kappa shape index (κ3) is 1.63. The fourth-order valence-electron chi connectivity index (χ4n) is 1.09. The van der Waals surface area contributed by atoms with Gasteiger partial charge in [-0.3, -0.25) is 13.9 Å². The SMILES string of the molecule is CCCn1c(=O)cc(O)n(C)c1=O. The minimum atomic E-state index is -0.480. The van der Waals surface area contributed by atoms with E-state index < -0.39 is 11.2 Å². The molecule has 0 bridgehead atoms. The summed E-state index contributed by atoms with van der Waals surface area (Å²) in [6.07, 6.45) is 0.708. The molecule has 0 aliphatic heterocycles. The maximum absolute atomic E-state index is 11.4. The molecule has 0 aromatic carbocycles. The van der Waals surface area contributed by atoms with Crippen LogP contribution in [-0.2, 0) is 13.6 Å². The average molecular weight is 184 g/mol. The lowest BCUT2D eigenvalue weighted by Crippen LogP contribution is -2.38. The average Bonchev–Trinajstić information content (AvgIpc) is 2.09. The van der Waals surface area contributed by atoms with Crippen LogP contribution in [0.25, 0.3) is 0 Å². The first-order valence-electron chi connectivity index (χ1n) is 4.07. The lowest BCUT2D eigenvalue weighted by atomic mass is 10.4. The topological polar surface area (TPSA) is 64.2 Å². The summed E-state index contributed by atoms with van der Waals surface area (Å²) in [7, 11) is 1.42. The Morgan fingerprint density at radius 2 is 2.08 bits per heavy atom. The van der Waals surface area contributed by atoms with Crippen molar-refractivity contribution in [3.05, 3.63) is 26.9 Å². The Labute approximate surface area is 74.9 Å². The fourth-order valence-corrected chi connectivity index (χ4v) is 1.09. The molecule has 1 aromatic heterocycles. The van der Waals surface area contributed by atoms with Crippen LogP contribution in [0.5, 0.6) is 5.88 Å². The second-order valence-electron chi connectivity index (χ2n) is 2.83. The number of nitrogens with zero attached hydrogens (tertiary/aromatic N) is 2. The van der Waals surface area contributed by atoms with Crippen molar-refractivity contribution in [1.29, 1.82) is 0 Å². The van der Waals surface area contributed by atoms with Gasteiger partial charge in [0.15, 0.2) is 5.88 Å². The summed E-state index contributed by atoms with van der Waals surface area (Å²) < 4.78 is 2.14. The van der Waals surface area contributed by atoms with Crippen molar-refractivity contribution in [3.8, 4) is 5.88 Å². The van der Waals surface area contributed by atoms with Crippen LogP contribution in [0.2, 0.25) is 0 Å². The van der Waals surface area contributed by atoms with Crippen molar-refractivity contribution in [2.75, 3.05) is 0 Å². The Hall–Kier alpha value is -1.52. The van der Waals surface area contributed by atoms with E-state index in [0.29, 0.717) is 13.0 Å². The molecule has 0 saturated carbocycles. The molecule has 0 amide bonds. The molecule has 1 N–H and O–H groups in total. The van der Waals surface area contributed by atoms with E-state index in [9.17, 15) is 9.59 Å². The van der Waals surface area contributed by atoms with Crippen molar-refractivity contribution in [1.82, 2.24) is 9.13 Å². The normalized spacial score (nSPS) is 10.3. The summed E-state index contributed by atoms with van der Waals surface area (Å²) in [4.78, 5) is 22.6. The Morgan fingerprint density at radius 3 is 2.62 bits per heavy atom. The van der Waals surface area contributed by atoms with Crippen molar-refractivity contribution in [2.24, 2.45) is 7.05 Å². The Kier molecular flexibility index (Phi) is 2.55. The maximum atomic E-state index is 11.4. The molecule has 0 radical (unpaired) electrons. The summed E-state index contributed by atoms with van der Waals surface area (Å²) in [5.41, 5.74) is -0.936. The number of hydrogen-bond donors (Lipinski definition) is 1. The van der Waals surface area contributed by atoms with Crippen molar-refractivity contribution in [3.63, 3.8) is 0 Å². The van der Waals surface area contributed by atoms with Gasteiger partial charge in [-0.25, -0.2) is 4.79 Å². The van der Waals surface area contributed by atoms with Crippen LogP contribution in [0.15, 0.2) is 15.7 Å².